The molecule has 1 aliphatic heterocycles. The van der Waals surface area contributed by atoms with Crippen molar-refractivity contribution in [2.75, 3.05) is 19.1 Å². The molecule has 36 heavy (non-hydrogen) atoms. The molecule has 1 aliphatic rings. The summed E-state index contributed by atoms with van der Waals surface area (Å²) < 4.78 is 12.4. The number of hydrogen-bond donors (Lipinski definition) is 1. The SMILES string of the molecule is COc1ccc(CNC(=O)[C@]2(C)Cn3nc(-c4cccs4)cc3C(=O)N2c2ccccc2OC)cc1. The van der Waals surface area contributed by atoms with Gasteiger partial charge in [-0.2, -0.15) is 5.10 Å². The third kappa shape index (κ3) is 4.11. The number of benzene rings is 2. The van der Waals surface area contributed by atoms with Crippen molar-refractivity contribution in [1.82, 2.24) is 15.1 Å². The van der Waals surface area contributed by atoms with Gasteiger partial charge in [0.05, 0.1) is 31.3 Å². The largest absolute Gasteiger partial charge is 0.497 e. The molecular formula is C27H26N4O4S. The van der Waals surface area contributed by atoms with Crippen LogP contribution in [0.5, 0.6) is 11.5 Å². The van der Waals surface area contributed by atoms with E-state index in [0.29, 0.717) is 29.4 Å². The first-order valence-corrected chi connectivity index (χ1v) is 12.3. The van der Waals surface area contributed by atoms with Gasteiger partial charge in [-0.1, -0.05) is 30.3 Å². The lowest BCUT2D eigenvalue weighted by Crippen LogP contribution is -2.64. The zero-order valence-electron chi connectivity index (χ0n) is 20.2. The molecule has 0 unspecified atom stereocenters. The number of hydrogen-bond acceptors (Lipinski definition) is 6. The Hall–Kier alpha value is -4.11. The summed E-state index contributed by atoms with van der Waals surface area (Å²) in [6, 6.07) is 20.4. The summed E-state index contributed by atoms with van der Waals surface area (Å²) >= 11 is 1.55. The molecule has 3 heterocycles. The van der Waals surface area contributed by atoms with Crippen molar-refractivity contribution in [1.29, 1.82) is 0 Å². The molecule has 2 amide bonds. The summed E-state index contributed by atoms with van der Waals surface area (Å²) in [5.41, 5.74) is 1.31. The van der Waals surface area contributed by atoms with Crippen LogP contribution in [-0.2, 0) is 17.9 Å². The Kier molecular flexibility index (Phi) is 6.24. The van der Waals surface area contributed by atoms with Crippen LogP contribution in [-0.4, -0.2) is 41.4 Å². The second-order valence-corrected chi connectivity index (χ2v) is 9.61. The molecule has 0 aliphatic carbocycles. The Bertz CT molecular complexity index is 1400. The van der Waals surface area contributed by atoms with E-state index in [4.69, 9.17) is 9.47 Å². The molecule has 8 nitrogen and oxygen atoms in total. The molecule has 1 atom stereocenters. The van der Waals surface area contributed by atoms with Gasteiger partial charge in [-0.05, 0) is 54.3 Å². The molecule has 9 heteroatoms. The van der Waals surface area contributed by atoms with E-state index in [9.17, 15) is 9.59 Å². The van der Waals surface area contributed by atoms with Gasteiger partial charge in [0.25, 0.3) is 5.91 Å². The molecule has 184 valence electrons. The lowest BCUT2D eigenvalue weighted by Gasteiger charge is -2.43. The fourth-order valence-corrected chi connectivity index (χ4v) is 5.12. The molecule has 4 aromatic rings. The Morgan fingerprint density at radius 1 is 1.08 bits per heavy atom. The zero-order chi connectivity index (χ0) is 25.3. The van der Waals surface area contributed by atoms with Gasteiger partial charge in [0.2, 0.25) is 5.91 Å². The molecule has 0 saturated carbocycles. The first-order valence-electron chi connectivity index (χ1n) is 11.4. The van der Waals surface area contributed by atoms with Crippen LogP contribution in [0, 0.1) is 0 Å². The predicted molar refractivity (Wildman–Crippen MR) is 139 cm³/mol. The van der Waals surface area contributed by atoms with E-state index in [1.54, 1.807) is 55.4 Å². The van der Waals surface area contributed by atoms with E-state index in [1.165, 1.54) is 4.90 Å². The van der Waals surface area contributed by atoms with Gasteiger partial charge in [0.15, 0.2) is 0 Å². The standard InChI is InChI=1S/C27H26N4O4S/c1-27(26(33)28-16-18-10-12-19(34-2)13-11-18)17-30-22(15-20(29-30)24-9-6-14-36-24)25(32)31(27)21-7-4-5-8-23(21)35-3/h4-15H,16-17H2,1-3H3,(H,28,33)/t27-/m0/s1. The van der Waals surface area contributed by atoms with Crippen molar-refractivity contribution >= 4 is 28.8 Å². The van der Waals surface area contributed by atoms with Crippen molar-refractivity contribution in [2.24, 2.45) is 0 Å². The van der Waals surface area contributed by atoms with Gasteiger partial charge in [0, 0.05) is 6.54 Å². The minimum Gasteiger partial charge on any atom is -0.497 e. The predicted octanol–water partition coefficient (Wildman–Crippen LogP) is 4.36. The van der Waals surface area contributed by atoms with Crippen LogP contribution < -0.4 is 19.7 Å². The van der Waals surface area contributed by atoms with E-state index in [2.05, 4.69) is 10.4 Å². The third-order valence-electron chi connectivity index (χ3n) is 6.35. The monoisotopic (exact) mass is 502 g/mol. The molecule has 1 N–H and O–H groups in total. The summed E-state index contributed by atoms with van der Waals surface area (Å²) in [5.74, 6) is 0.635. The Balaban J connectivity index is 1.53. The summed E-state index contributed by atoms with van der Waals surface area (Å²) in [5, 5.41) is 9.67. The normalized spacial score (nSPS) is 17.0. The maximum Gasteiger partial charge on any atom is 0.277 e. The van der Waals surface area contributed by atoms with Gasteiger partial charge in [-0.15, -0.1) is 11.3 Å². The highest BCUT2D eigenvalue weighted by atomic mass is 32.1. The number of ether oxygens (including phenoxy) is 2. The smallest absolute Gasteiger partial charge is 0.277 e. The molecule has 5 rings (SSSR count). The van der Waals surface area contributed by atoms with E-state index in [-0.39, 0.29) is 18.4 Å². The molecule has 0 spiro atoms. The second kappa shape index (κ2) is 9.50. The zero-order valence-corrected chi connectivity index (χ0v) is 21.0. The van der Waals surface area contributed by atoms with E-state index >= 15 is 0 Å². The van der Waals surface area contributed by atoms with Crippen molar-refractivity contribution in [3.05, 3.63) is 83.4 Å². The number of aromatic nitrogens is 2. The van der Waals surface area contributed by atoms with Crippen LogP contribution in [0.2, 0.25) is 0 Å². The minimum atomic E-state index is -1.26. The lowest BCUT2D eigenvalue weighted by molar-refractivity contribution is -0.126. The van der Waals surface area contributed by atoms with E-state index in [1.807, 2.05) is 53.9 Å². The Morgan fingerprint density at radius 2 is 1.86 bits per heavy atom. The number of para-hydroxylation sites is 2. The average Bonchev–Trinajstić information content (AvgIpc) is 3.58. The number of nitrogens with one attached hydrogen (secondary N) is 1. The minimum absolute atomic E-state index is 0.186. The van der Waals surface area contributed by atoms with Crippen LogP contribution in [0.3, 0.4) is 0 Å². The number of carbonyl (C=O) groups excluding carboxylic acids is 2. The topological polar surface area (TPSA) is 85.7 Å². The van der Waals surface area contributed by atoms with Crippen molar-refractivity contribution in [3.63, 3.8) is 0 Å². The van der Waals surface area contributed by atoms with Crippen molar-refractivity contribution < 1.29 is 19.1 Å². The number of nitrogens with zero attached hydrogens (tertiary/aromatic N) is 3. The number of carbonyl (C=O) groups is 2. The molecule has 0 bridgehead atoms. The van der Waals surface area contributed by atoms with Crippen molar-refractivity contribution in [2.45, 2.75) is 25.6 Å². The lowest BCUT2D eigenvalue weighted by atomic mass is 9.93. The number of fused-ring (bicyclic) bond motifs is 1. The number of amides is 2. The maximum atomic E-state index is 14.0. The van der Waals surface area contributed by atoms with Crippen LogP contribution in [0.25, 0.3) is 10.6 Å². The highest BCUT2D eigenvalue weighted by molar-refractivity contribution is 7.13. The van der Waals surface area contributed by atoms with Crippen LogP contribution in [0.1, 0.15) is 23.0 Å². The second-order valence-electron chi connectivity index (χ2n) is 8.67. The summed E-state index contributed by atoms with van der Waals surface area (Å²) in [7, 11) is 3.16. The van der Waals surface area contributed by atoms with Gasteiger partial charge < -0.3 is 14.8 Å². The molecule has 2 aromatic heterocycles. The van der Waals surface area contributed by atoms with Gasteiger partial charge in [0.1, 0.15) is 28.4 Å². The molecule has 0 saturated heterocycles. The summed E-state index contributed by atoms with van der Waals surface area (Å²) in [4.78, 5) is 30.2. The number of thiophene rings is 1. The van der Waals surface area contributed by atoms with Crippen LogP contribution in [0.15, 0.2) is 72.1 Å². The Morgan fingerprint density at radius 3 is 2.56 bits per heavy atom. The maximum absolute atomic E-state index is 14.0. The summed E-state index contributed by atoms with van der Waals surface area (Å²) in [6.45, 7) is 2.25. The number of methoxy groups -OCH3 is 2. The summed E-state index contributed by atoms with van der Waals surface area (Å²) in [6.07, 6.45) is 0. The van der Waals surface area contributed by atoms with Gasteiger partial charge in [-0.25, -0.2) is 0 Å². The van der Waals surface area contributed by atoms with Crippen LogP contribution >= 0.6 is 11.3 Å². The first kappa shape index (κ1) is 23.6. The molecule has 0 fully saturated rings. The number of anilines is 1. The molecule has 2 aromatic carbocycles. The molecular weight excluding hydrogens is 476 g/mol. The van der Waals surface area contributed by atoms with Crippen molar-refractivity contribution in [3.8, 4) is 22.1 Å². The third-order valence-corrected chi connectivity index (χ3v) is 7.25. The highest BCUT2D eigenvalue weighted by Crippen LogP contribution is 2.39. The first-order chi connectivity index (χ1) is 17.4. The van der Waals surface area contributed by atoms with Gasteiger partial charge >= 0.3 is 0 Å². The molecule has 0 radical (unpaired) electrons. The van der Waals surface area contributed by atoms with E-state index < -0.39 is 5.54 Å². The fraction of sp³-hybridized carbons (Fsp3) is 0.222. The number of rotatable bonds is 7. The average molecular weight is 503 g/mol. The fourth-order valence-electron chi connectivity index (χ4n) is 4.43. The van der Waals surface area contributed by atoms with E-state index in [0.717, 1.165) is 16.2 Å². The quantitative estimate of drug-likeness (QED) is 0.406. The Labute approximate surface area is 213 Å². The highest BCUT2D eigenvalue weighted by Gasteiger charge is 2.49. The van der Waals surface area contributed by atoms with Gasteiger partial charge in [-0.3, -0.25) is 19.2 Å². The van der Waals surface area contributed by atoms with Crippen LogP contribution in [0.4, 0.5) is 5.69 Å².